The van der Waals surface area contributed by atoms with Crippen LogP contribution < -0.4 is 5.32 Å². The van der Waals surface area contributed by atoms with E-state index in [1.54, 1.807) is 11.0 Å². The van der Waals surface area contributed by atoms with Crippen molar-refractivity contribution in [1.29, 1.82) is 0 Å². The molecule has 4 heteroatoms. The molecule has 1 saturated heterocycles. The predicted octanol–water partition coefficient (Wildman–Crippen LogP) is 2.50. The average Bonchev–Trinajstić information content (AvgIpc) is 2.85. The molecule has 2 amide bonds. The van der Waals surface area contributed by atoms with E-state index in [0.29, 0.717) is 6.04 Å². The summed E-state index contributed by atoms with van der Waals surface area (Å²) in [7, 11) is 3.94. The average molecular weight is 259 g/mol. The van der Waals surface area contributed by atoms with Crippen molar-refractivity contribution in [3.8, 4) is 0 Å². The Morgan fingerprint density at radius 2 is 2.16 bits per heavy atom. The largest absolute Gasteiger partial charge is 0.323 e. The molecule has 0 unspecified atom stereocenters. The van der Waals surface area contributed by atoms with Crippen molar-refractivity contribution in [2.45, 2.75) is 12.5 Å². The molecule has 2 rings (SSSR count). The van der Waals surface area contributed by atoms with Gasteiger partial charge in [-0.25, -0.2) is 4.79 Å². The molecule has 1 aliphatic heterocycles. The zero-order chi connectivity index (χ0) is 13.8. The van der Waals surface area contributed by atoms with Crippen molar-refractivity contribution >= 4 is 17.8 Å². The van der Waals surface area contributed by atoms with Crippen LogP contribution in [0.5, 0.6) is 0 Å². The predicted molar refractivity (Wildman–Crippen MR) is 79.2 cm³/mol. The van der Waals surface area contributed by atoms with Crippen LogP contribution in [0.25, 0.3) is 6.08 Å². The minimum atomic E-state index is -0.0494. The number of carbonyl (C=O) groups excluding carboxylic acids is 1. The molecule has 1 heterocycles. The minimum absolute atomic E-state index is 0.0494. The molecule has 4 nitrogen and oxygen atoms in total. The van der Waals surface area contributed by atoms with Crippen molar-refractivity contribution in [3.63, 3.8) is 0 Å². The van der Waals surface area contributed by atoms with Gasteiger partial charge in [-0.1, -0.05) is 24.8 Å². The Morgan fingerprint density at radius 3 is 2.68 bits per heavy atom. The van der Waals surface area contributed by atoms with Crippen molar-refractivity contribution < 1.29 is 4.79 Å². The maximum Gasteiger partial charge on any atom is 0.321 e. The van der Waals surface area contributed by atoms with Crippen LogP contribution in [0.2, 0.25) is 0 Å². The lowest BCUT2D eigenvalue weighted by atomic mass is 10.2. The van der Waals surface area contributed by atoms with Crippen LogP contribution in [-0.2, 0) is 0 Å². The van der Waals surface area contributed by atoms with Crippen LogP contribution in [-0.4, -0.2) is 49.1 Å². The number of urea groups is 1. The summed E-state index contributed by atoms with van der Waals surface area (Å²) in [4.78, 5) is 16.2. The van der Waals surface area contributed by atoms with E-state index in [0.717, 1.165) is 30.8 Å². The molecule has 0 aliphatic carbocycles. The monoisotopic (exact) mass is 259 g/mol. The van der Waals surface area contributed by atoms with E-state index < -0.39 is 0 Å². The SMILES string of the molecule is C=Cc1ccc(NC(=O)N(C)[C@@H]2CCN(C)C2)cc1. The van der Waals surface area contributed by atoms with E-state index in [1.165, 1.54) is 0 Å². The first-order valence-corrected chi connectivity index (χ1v) is 6.55. The van der Waals surface area contributed by atoms with Gasteiger partial charge in [0.2, 0.25) is 0 Å². The molecule has 0 saturated carbocycles. The fourth-order valence-electron chi connectivity index (χ4n) is 2.31. The van der Waals surface area contributed by atoms with E-state index in [-0.39, 0.29) is 6.03 Å². The lowest BCUT2D eigenvalue weighted by molar-refractivity contribution is 0.204. The van der Waals surface area contributed by atoms with Gasteiger partial charge in [0.25, 0.3) is 0 Å². The third-order valence-corrected chi connectivity index (χ3v) is 3.63. The van der Waals surface area contributed by atoms with Crippen LogP contribution in [0.4, 0.5) is 10.5 Å². The fraction of sp³-hybridized carbons (Fsp3) is 0.400. The number of hydrogen-bond donors (Lipinski definition) is 1. The zero-order valence-corrected chi connectivity index (χ0v) is 11.6. The first-order valence-electron chi connectivity index (χ1n) is 6.55. The van der Waals surface area contributed by atoms with Gasteiger partial charge in [-0.3, -0.25) is 0 Å². The molecule has 1 N–H and O–H groups in total. The highest BCUT2D eigenvalue weighted by Crippen LogP contribution is 2.15. The lowest BCUT2D eigenvalue weighted by Gasteiger charge is -2.24. The summed E-state index contributed by atoms with van der Waals surface area (Å²) >= 11 is 0. The molecular formula is C15H21N3O. The Morgan fingerprint density at radius 1 is 1.47 bits per heavy atom. The third kappa shape index (κ3) is 3.35. The molecule has 1 atom stereocenters. The molecule has 0 aromatic heterocycles. The molecule has 1 fully saturated rings. The number of benzene rings is 1. The second-order valence-corrected chi connectivity index (χ2v) is 5.07. The normalized spacial score (nSPS) is 19.2. The summed E-state index contributed by atoms with van der Waals surface area (Å²) in [6.07, 6.45) is 2.82. The van der Waals surface area contributed by atoms with E-state index >= 15 is 0 Å². The summed E-state index contributed by atoms with van der Waals surface area (Å²) < 4.78 is 0. The molecule has 1 aliphatic rings. The van der Waals surface area contributed by atoms with Crippen LogP contribution in [0.3, 0.4) is 0 Å². The number of anilines is 1. The van der Waals surface area contributed by atoms with Crippen molar-refractivity contribution in [2.24, 2.45) is 0 Å². The quantitative estimate of drug-likeness (QED) is 0.905. The van der Waals surface area contributed by atoms with E-state index in [9.17, 15) is 4.79 Å². The van der Waals surface area contributed by atoms with Crippen LogP contribution in [0, 0.1) is 0 Å². The Hall–Kier alpha value is -1.81. The highest BCUT2D eigenvalue weighted by atomic mass is 16.2. The number of likely N-dealkylation sites (N-methyl/N-ethyl adjacent to an activating group) is 2. The summed E-state index contributed by atoms with van der Waals surface area (Å²) in [5, 5.41) is 2.92. The summed E-state index contributed by atoms with van der Waals surface area (Å²) in [5.74, 6) is 0. The second kappa shape index (κ2) is 5.89. The minimum Gasteiger partial charge on any atom is -0.323 e. The number of hydrogen-bond acceptors (Lipinski definition) is 2. The van der Waals surface area contributed by atoms with E-state index in [4.69, 9.17) is 0 Å². The molecule has 1 aromatic carbocycles. The molecular weight excluding hydrogens is 238 g/mol. The van der Waals surface area contributed by atoms with Gasteiger partial charge in [0.15, 0.2) is 0 Å². The van der Waals surface area contributed by atoms with Gasteiger partial charge < -0.3 is 15.1 Å². The van der Waals surface area contributed by atoms with Gasteiger partial charge in [-0.05, 0) is 37.7 Å². The number of likely N-dealkylation sites (tertiary alicyclic amines) is 1. The maximum absolute atomic E-state index is 12.1. The Balaban J connectivity index is 1.94. The van der Waals surface area contributed by atoms with Gasteiger partial charge in [-0.15, -0.1) is 0 Å². The third-order valence-electron chi connectivity index (χ3n) is 3.63. The fourth-order valence-corrected chi connectivity index (χ4v) is 2.31. The molecule has 1 aromatic rings. The van der Waals surface area contributed by atoms with Crippen LogP contribution in [0.15, 0.2) is 30.8 Å². The van der Waals surface area contributed by atoms with E-state index in [2.05, 4.69) is 23.8 Å². The standard InChI is InChI=1S/C15H21N3O/c1-4-12-5-7-13(8-6-12)16-15(19)18(3)14-9-10-17(2)11-14/h4-8,14H,1,9-11H2,2-3H3,(H,16,19)/t14-/m1/s1. The molecule has 102 valence electrons. The number of rotatable bonds is 3. The van der Waals surface area contributed by atoms with Gasteiger partial charge in [0.05, 0.1) is 0 Å². The van der Waals surface area contributed by atoms with Gasteiger partial charge in [-0.2, -0.15) is 0 Å². The Kier molecular flexibility index (Phi) is 4.22. The lowest BCUT2D eigenvalue weighted by Crippen LogP contribution is -2.41. The van der Waals surface area contributed by atoms with Gasteiger partial charge >= 0.3 is 6.03 Å². The zero-order valence-electron chi connectivity index (χ0n) is 11.6. The molecule has 19 heavy (non-hydrogen) atoms. The van der Waals surface area contributed by atoms with Crippen LogP contribution >= 0.6 is 0 Å². The highest BCUT2D eigenvalue weighted by Gasteiger charge is 2.26. The van der Waals surface area contributed by atoms with Crippen LogP contribution in [0.1, 0.15) is 12.0 Å². The van der Waals surface area contributed by atoms with Crippen molar-refractivity contribution in [2.75, 3.05) is 32.5 Å². The number of nitrogens with one attached hydrogen (secondary N) is 1. The molecule has 0 spiro atoms. The van der Waals surface area contributed by atoms with Gasteiger partial charge in [0.1, 0.15) is 0 Å². The topological polar surface area (TPSA) is 35.6 Å². The Labute approximate surface area is 114 Å². The van der Waals surface area contributed by atoms with Gasteiger partial charge in [0, 0.05) is 25.3 Å². The number of carbonyl (C=O) groups is 1. The number of amides is 2. The summed E-state index contributed by atoms with van der Waals surface area (Å²) in [6, 6.07) is 7.91. The summed E-state index contributed by atoms with van der Waals surface area (Å²) in [5.41, 5.74) is 1.86. The smallest absolute Gasteiger partial charge is 0.321 e. The highest BCUT2D eigenvalue weighted by molar-refractivity contribution is 5.89. The van der Waals surface area contributed by atoms with E-state index in [1.807, 2.05) is 31.3 Å². The second-order valence-electron chi connectivity index (χ2n) is 5.07. The first kappa shape index (κ1) is 13.6. The molecule has 0 radical (unpaired) electrons. The van der Waals surface area contributed by atoms with Crippen molar-refractivity contribution in [3.05, 3.63) is 36.4 Å². The number of nitrogens with zero attached hydrogens (tertiary/aromatic N) is 2. The van der Waals surface area contributed by atoms with Crippen molar-refractivity contribution in [1.82, 2.24) is 9.80 Å². The molecule has 0 bridgehead atoms. The Bertz CT molecular complexity index is 455. The first-order chi connectivity index (χ1) is 9.10. The maximum atomic E-state index is 12.1. The summed E-state index contributed by atoms with van der Waals surface area (Å²) in [6.45, 7) is 5.70.